The van der Waals surface area contributed by atoms with Crippen molar-refractivity contribution in [3.8, 4) is 0 Å². The third kappa shape index (κ3) is 3.30. The summed E-state index contributed by atoms with van der Waals surface area (Å²) < 4.78 is 25.4. The van der Waals surface area contributed by atoms with Gasteiger partial charge in [0.2, 0.25) is 0 Å². The van der Waals surface area contributed by atoms with Crippen LogP contribution < -0.4 is 5.73 Å². The first-order valence-corrected chi connectivity index (χ1v) is 4.71. The van der Waals surface area contributed by atoms with E-state index in [1.807, 2.05) is 0 Å². The van der Waals surface area contributed by atoms with Crippen molar-refractivity contribution < 1.29 is 8.78 Å². The van der Waals surface area contributed by atoms with Crippen molar-refractivity contribution in [3.63, 3.8) is 0 Å². The molecule has 0 fully saturated rings. The Labute approximate surface area is 99.0 Å². The summed E-state index contributed by atoms with van der Waals surface area (Å²) in [6.07, 6.45) is 0.0834. The van der Waals surface area contributed by atoms with Gasteiger partial charge >= 0.3 is 0 Å². The van der Waals surface area contributed by atoms with Crippen LogP contribution in [0.1, 0.15) is 23.6 Å². The quantitative estimate of drug-likeness (QED) is 0.878. The standard InChI is InChI=1S/C10H12ClF2N.ClH/c1-6-2-3-7(13)9(10(6)11)8(14)4-5-12;/h2-3,8H,4-5,14H2,1H3;1H/t8-;/m1./s1. The maximum atomic E-state index is 13.3. The molecule has 0 heterocycles. The van der Waals surface area contributed by atoms with E-state index in [2.05, 4.69) is 0 Å². The fourth-order valence-electron chi connectivity index (χ4n) is 1.28. The smallest absolute Gasteiger partial charge is 0.129 e. The van der Waals surface area contributed by atoms with Crippen molar-refractivity contribution in [1.82, 2.24) is 0 Å². The van der Waals surface area contributed by atoms with Gasteiger partial charge in [-0.25, -0.2) is 4.39 Å². The third-order valence-electron chi connectivity index (χ3n) is 2.11. The number of nitrogens with two attached hydrogens (primary N) is 1. The van der Waals surface area contributed by atoms with Gasteiger partial charge < -0.3 is 5.73 Å². The van der Waals surface area contributed by atoms with Crippen LogP contribution in [0.5, 0.6) is 0 Å². The van der Waals surface area contributed by atoms with Crippen molar-refractivity contribution in [2.24, 2.45) is 5.73 Å². The van der Waals surface area contributed by atoms with Gasteiger partial charge in [0.1, 0.15) is 5.82 Å². The number of halogens is 4. The molecule has 0 aliphatic heterocycles. The lowest BCUT2D eigenvalue weighted by molar-refractivity contribution is 0.435. The van der Waals surface area contributed by atoms with Gasteiger partial charge in [-0.15, -0.1) is 12.4 Å². The molecule has 0 bridgehead atoms. The molecule has 0 amide bonds. The van der Waals surface area contributed by atoms with Crippen LogP contribution >= 0.6 is 24.0 Å². The normalized spacial score (nSPS) is 12.1. The molecule has 0 unspecified atom stereocenters. The molecular formula is C10H13Cl2F2N. The predicted molar refractivity (Wildman–Crippen MR) is 60.9 cm³/mol. The molecule has 0 radical (unpaired) electrons. The average molecular weight is 256 g/mol. The zero-order valence-electron chi connectivity index (χ0n) is 8.27. The molecule has 1 aromatic rings. The monoisotopic (exact) mass is 255 g/mol. The lowest BCUT2D eigenvalue weighted by atomic mass is 10.0. The first-order valence-electron chi connectivity index (χ1n) is 4.34. The number of hydrogen-bond donors (Lipinski definition) is 1. The fraction of sp³-hybridized carbons (Fsp3) is 0.400. The number of aryl methyl sites for hydroxylation is 1. The second-order valence-electron chi connectivity index (χ2n) is 3.18. The van der Waals surface area contributed by atoms with Gasteiger partial charge in [-0.2, -0.15) is 0 Å². The Bertz CT molecular complexity index is 331. The molecule has 0 aromatic heterocycles. The van der Waals surface area contributed by atoms with Gasteiger partial charge in [0.15, 0.2) is 0 Å². The zero-order valence-corrected chi connectivity index (χ0v) is 9.84. The highest BCUT2D eigenvalue weighted by molar-refractivity contribution is 6.32. The maximum absolute atomic E-state index is 13.3. The molecule has 0 aliphatic carbocycles. The second kappa shape index (κ2) is 6.26. The molecule has 2 N–H and O–H groups in total. The van der Waals surface area contributed by atoms with Gasteiger partial charge in [-0.05, 0) is 25.0 Å². The number of rotatable bonds is 3. The summed E-state index contributed by atoms with van der Waals surface area (Å²) in [5.74, 6) is -0.471. The molecule has 1 atom stereocenters. The minimum absolute atomic E-state index is 0. The Hall–Kier alpha value is -0.380. The number of hydrogen-bond acceptors (Lipinski definition) is 1. The van der Waals surface area contributed by atoms with Gasteiger partial charge in [0.05, 0.1) is 11.7 Å². The van der Waals surface area contributed by atoms with Gasteiger partial charge in [0, 0.05) is 11.6 Å². The first kappa shape index (κ1) is 14.6. The van der Waals surface area contributed by atoms with Crippen molar-refractivity contribution in [2.75, 3.05) is 6.67 Å². The van der Waals surface area contributed by atoms with Crippen LogP contribution in [0.2, 0.25) is 5.02 Å². The Morgan fingerprint density at radius 3 is 2.60 bits per heavy atom. The Morgan fingerprint density at radius 2 is 2.07 bits per heavy atom. The molecule has 0 aliphatic rings. The van der Waals surface area contributed by atoms with Crippen LogP contribution in [0.3, 0.4) is 0 Å². The van der Waals surface area contributed by atoms with Crippen LogP contribution in [0, 0.1) is 12.7 Å². The van der Waals surface area contributed by atoms with E-state index in [1.54, 1.807) is 13.0 Å². The van der Waals surface area contributed by atoms with E-state index < -0.39 is 18.5 Å². The van der Waals surface area contributed by atoms with Gasteiger partial charge in [-0.1, -0.05) is 17.7 Å². The van der Waals surface area contributed by atoms with Crippen LogP contribution in [0.15, 0.2) is 12.1 Å². The summed E-state index contributed by atoms with van der Waals surface area (Å²) in [5.41, 5.74) is 6.57. The molecule has 0 saturated carbocycles. The van der Waals surface area contributed by atoms with E-state index in [9.17, 15) is 8.78 Å². The predicted octanol–water partition coefficient (Wildman–Crippen LogP) is 3.57. The van der Waals surface area contributed by atoms with Crippen molar-refractivity contribution in [2.45, 2.75) is 19.4 Å². The first-order chi connectivity index (χ1) is 6.57. The van der Waals surface area contributed by atoms with Crippen molar-refractivity contribution in [1.29, 1.82) is 0 Å². The third-order valence-corrected chi connectivity index (χ3v) is 2.61. The summed E-state index contributed by atoms with van der Waals surface area (Å²) in [7, 11) is 0. The van der Waals surface area contributed by atoms with Crippen LogP contribution in [0.25, 0.3) is 0 Å². The topological polar surface area (TPSA) is 26.0 Å². The highest BCUT2D eigenvalue weighted by atomic mass is 35.5. The summed E-state index contributed by atoms with van der Waals surface area (Å²) in [4.78, 5) is 0. The van der Waals surface area contributed by atoms with Gasteiger partial charge in [-0.3, -0.25) is 4.39 Å². The van der Waals surface area contributed by atoms with Crippen LogP contribution in [0.4, 0.5) is 8.78 Å². The fourth-order valence-corrected chi connectivity index (χ4v) is 1.57. The number of benzene rings is 1. The van der Waals surface area contributed by atoms with E-state index in [1.165, 1.54) is 6.07 Å². The molecule has 1 aromatic carbocycles. The minimum Gasteiger partial charge on any atom is -0.324 e. The molecule has 1 rings (SSSR count). The van der Waals surface area contributed by atoms with Gasteiger partial charge in [0.25, 0.3) is 0 Å². The van der Waals surface area contributed by atoms with E-state index in [0.29, 0.717) is 5.02 Å². The molecule has 0 spiro atoms. The van der Waals surface area contributed by atoms with Crippen LogP contribution in [-0.2, 0) is 0 Å². The maximum Gasteiger partial charge on any atom is 0.129 e. The highest BCUT2D eigenvalue weighted by Crippen LogP contribution is 2.29. The Morgan fingerprint density at radius 1 is 1.47 bits per heavy atom. The van der Waals surface area contributed by atoms with E-state index in [-0.39, 0.29) is 24.4 Å². The molecule has 1 nitrogen and oxygen atoms in total. The second-order valence-corrected chi connectivity index (χ2v) is 3.55. The molecule has 0 saturated heterocycles. The summed E-state index contributed by atoms with van der Waals surface area (Å²) >= 11 is 5.89. The van der Waals surface area contributed by atoms with Crippen LogP contribution in [-0.4, -0.2) is 6.67 Å². The summed E-state index contributed by atoms with van der Waals surface area (Å²) in [6.45, 7) is 1.18. The zero-order chi connectivity index (χ0) is 10.7. The SMILES string of the molecule is Cc1ccc(F)c([C@H](N)CCF)c1Cl.Cl. The molecular weight excluding hydrogens is 243 g/mol. The average Bonchev–Trinajstić information content (AvgIpc) is 2.13. The Kier molecular flexibility index (Phi) is 6.10. The molecule has 15 heavy (non-hydrogen) atoms. The Balaban J connectivity index is 0.00000196. The summed E-state index contributed by atoms with van der Waals surface area (Å²) in [6, 6.07) is 2.20. The largest absolute Gasteiger partial charge is 0.324 e. The van der Waals surface area contributed by atoms with Crippen molar-refractivity contribution in [3.05, 3.63) is 34.1 Å². The minimum atomic E-state index is -0.674. The lowest BCUT2D eigenvalue weighted by Gasteiger charge is -2.14. The molecule has 86 valence electrons. The summed E-state index contributed by atoms with van der Waals surface area (Å²) in [5, 5.41) is 0.297. The molecule has 5 heteroatoms. The van der Waals surface area contributed by atoms with Crippen molar-refractivity contribution >= 4 is 24.0 Å². The van der Waals surface area contributed by atoms with E-state index in [4.69, 9.17) is 17.3 Å². The van der Waals surface area contributed by atoms with E-state index in [0.717, 1.165) is 5.56 Å². The lowest BCUT2D eigenvalue weighted by Crippen LogP contribution is -2.14. The number of alkyl halides is 1. The highest BCUT2D eigenvalue weighted by Gasteiger charge is 2.16. The van der Waals surface area contributed by atoms with E-state index >= 15 is 0 Å².